The van der Waals surface area contributed by atoms with Gasteiger partial charge in [-0.3, -0.25) is 0 Å². The second kappa shape index (κ2) is 6.46. The molecule has 0 unspecified atom stereocenters. The minimum atomic E-state index is -0.678. The summed E-state index contributed by atoms with van der Waals surface area (Å²) in [7, 11) is 0. The van der Waals surface area contributed by atoms with Crippen molar-refractivity contribution in [1.82, 2.24) is 4.98 Å². The molecule has 0 aliphatic rings. The lowest BCUT2D eigenvalue weighted by molar-refractivity contribution is 0.591. The minimum Gasteiger partial charge on any atom is -0.352 e. The zero-order valence-corrected chi connectivity index (χ0v) is 12.5. The molecule has 0 fully saturated rings. The van der Waals surface area contributed by atoms with Gasteiger partial charge in [0.25, 0.3) is 0 Å². The van der Waals surface area contributed by atoms with Crippen LogP contribution in [-0.4, -0.2) is 11.5 Å². The third-order valence-corrected chi connectivity index (χ3v) is 3.96. The largest absolute Gasteiger partial charge is 0.352 e. The molecular formula is C18H17F3N2. The van der Waals surface area contributed by atoms with E-state index >= 15 is 0 Å². The number of benzene rings is 2. The van der Waals surface area contributed by atoms with Gasteiger partial charge in [0.2, 0.25) is 0 Å². The van der Waals surface area contributed by atoms with Crippen LogP contribution in [0, 0.1) is 17.5 Å². The lowest BCUT2D eigenvalue weighted by Crippen LogP contribution is -1.99. The molecule has 1 heterocycles. The number of aryl methyl sites for hydroxylation is 1. The highest BCUT2D eigenvalue weighted by Crippen LogP contribution is 2.34. The van der Waals surface area contributed by atoms with Crippen LogP contribution in [0.3, 0.4) is 0 Å². The fourth-order valence-electron chi connectivity index (χ4n) is 2.87. The van der Waals surface area contributed by atoms with Crippen molar-refractivity contribution in [2.24, 2.45) is 5.73 Å². The van der Waals surface area contributed by atoms with Crippen LogP contribution in [0.2, 0.25) is 0 Å². The molecule has 2 nitrogen and oxygen atoms in total. The normalized spacial score (nSPS) is 11.3. The van der Waals surface area contributed by atoms with E-state index in [0.717, 1.165) is 24.5 Å². The van der Waals surface area contributed by atoms with E-state index in [1.165, 1.54) is 12.1 Å². The molecule has 0 bridgehead atoms. The molecule has 0 amide bonds. The van der Waals surface area contributed by atoms with E-state index in [2.05, 4.69) is 4.98 Å². The smallest absolute Gasteiger partial charge is 0.150 e. The van der Waals surface area contributed by atoms with E-state index in [4.69, 9.17) is 5.73 Å². The average molecular weight is 318 g/mol. The van der Waals surface area contributed by atoms with Gasteiger partial charge in [-0.1, -0.05) is 12.1 Å². The molecule has 1 aromatic heterocycles. The number of unbranched alkanes of at least 4 members (excludes halogenated alkanes) is 1. The second-order valence-corrected chi connectivity index (χ2v) is 5.51. The number of H-pyrrole nitrogens is 1. The van der Waals surface area contributed by atoms with Gasteiger partial charge >= 0.3 is 0 Å². The Kier molecular flexibility index (Phi) is 4.39. The first-order valence-electron chi connectivity index (χ1n) is 7.56. The Morgan fingerprint density at radius 2 is 1.74 bits per heavy atom. The monoisotopic (exact) mass is 318 g/mol. The molecule has 23 heavy (non-hydrogen) atoms. The van der Waals surface area contributed by atoms with Gasteiger partial charge < -0.3 is 10.7 Å². The Labute approximate surface area is 132 Å². The first-order valence-corrected chi connectivity index (χ1v) is 7.56. The van der Waals surface area contributed by atoms with Crippen LogP contribution < -0.4 is 5.73 Å². The lowest BCUT2D eigenvalue weighted by Gasteiger charge is -2.06. The zero-order valence-electron chi connectivity index (χ0n) is 12.5. The van der Waals surface area contributed by atoms with Crippen LogP contribution in [0.25, 0.3) is 22.2 Å². The fraction of sp³-hybridized carbons (Fsp3) is 0.222. The summed E-state index contributed by atoms with van der Waals surface area (Å²) in [5.41, 5.74) is 7.29. The number of hydrogen-bond donors (Lipinski definition) is 2. The van der Waals surface area contributed by atoms with Crippen molar-refractivity contribution in [2.45, 2.75) is 19.3 Å². The third kappa shape index (κ3) is 2.97. The highest BCUT2D eigenvalue weighted by Gasteiger charge is 2.18. The molecule has 0 spiro atoms. The molecule has 0 aliphatic carbocycles. The highest BCUT2D eigenvalue weighted by molar-refractivity contribution is 5.91. The Hall–Kier alpha value is -2.27. The van der Waals surface area contributed by atoms with Crippen LogP contribution in [0.4, 0.5) is 13.2 Å². The molecule has 3 aromatic rings. The maximum atomic E-state index is 14.1. The van der Waals surface area contributed by atoms with Gasteiger partial charge in [0.15, 0.2) is 0 Å². The van der Waals surface area contributed by atoms with E-state index < -0.39 is 17.5 Å². The topological polar surface area (TPSA) is 41.8 Å². The molecule has 3 N–H and O–H groups in total. The standard InChI is InChI=1S/C18H17F3N2/c19-11-9-14-12(5-3-4-8-22)17(23-18(14)16(21)10-11)13-6-1-2-7-15(13)20/h1-2,6-7,9-10,23H,3-5,8,22H2. The van der Waals surface area contributed by atoms with Crippen molar-refractivity contribution in [3.05, 3.63) is 59.4 Å². The molecule has 0 saturated carbocycles. The molecule has 2 aromatic carbocycles. The summed E-state index contributed by atoms with van der Waals surface area (Å²) < 4.78 is 41.8. The number of aromatic amines is 1. The average Bonchev–Trinajstić information content (AvgIpc) is 2.87. The molecule has 5 heteroatoms. The summed E-state index contributed by atoms with van der Waals surface area (Å²) in [6, 6.07) is 8.40. The van der Waals surface area contributed by atoms with Gasteiger partial charge in [0, 0.05) is 17.0 Å². The quantitative estimate of drug-likeness (QED) is 0.667. The first kappa shape index (κ1) is 15.6. The molecular weight excluding hydrogens is 301 g/mol. The van der Waals surface area contributed by atoms with Gasteiger partial charge in [-0.15, -0.1) is 0 Å². The van der Waals surface area contributed by atoms with E-state index in [0.29, 0.717) is 29.6 Å². The highest BCUT2D eigenvalue weighted by atomic mass is 19.1. The second-order valence-electron chi connectivity index (χ2n) is 5.51. The summed E-state index contributed by atoms with van der Waals surface area (Å²) in [5, 5.41) is 0.456. The van der Waals surface area contributed by atoms with Gasteiger partial charge in [0.1, 0.15) is 17.5 Å². The molecule has 0 radical (unpaired) electrons. The summed E-state index contributed by atoms with van der Waals surface area (Å²) in [6.45, 7) is 0.542. The van der Waals surface area contributed by atoms with Crippen molar-refractivity contribution >= 4 is 10.9 Å². The van der Waals surface area contributed by atoms with Crippen LogP contribution in [0.5, 0.6) is 0 Å². The SMILES string of the molecule is NCCCCc1c(-c2ccccc2F)[nH]c2c(F)cc(F)cc12. The number of aromatic nitrogens is 1. The van der Waals surface area contributed by atoms with Crippen molar-refractivity contribution in [3.63, 3.8) is 0 Å². The predicted octanol–water partition coefficient (Wildman–Crippen LogP) is 4.53. The minimum absolute atomic E-state index is 0.201. The van der Waals surface area contributed by atoms with Crippen LogP contribution >= 0.6 is 0 Å². The van der Waals surface area contributed by atoms with Crippen molar-refractivity contribution in [1.29, 1.82) is 0 Å². The van der Waals surface area contributed by atoms with E-state index in [1.807, 2.05) is 0 Å². The van der Waals surface area contributed by atoms with Crippen molar-refractivity contribution in [2.75, 3.05) is 6.54 Å². The molecule has 0 saturated heterocycles. The maximum absolute atomic E-state index is 14.1. The summed E-state index contributed by atoms with van der Waals surface area (Å²) in [4.78, 5) is 2.93. The molecule has 0 aliphatic heterocycles. The fourth-order valence-corrected chi connectivity index (χ4v) is 2.87. The summed E-state index contributed by atoms with van der Waals surface area (Å²) in [5.74, 6) is -1.73. The maximum Gasteiger partial charge on any atom is 0.150 e. The number of nitrogens with two attached hydrogens (primary N) is 1. The van der Waals surface area contributed by atoms with Gasteiger partial charge in [-0.2, -0.15) is 0 Å². The third-order valence-electron chi connectivity index (χ3n) is 3.96. The lowest BCUT2D eigenvalue weighted by atomic mass is 10.00. The molecule has 0 atom stereocenters. The van der Waals surface area contributed by atoms with Crippen molar-refractivity contribution < 1.29 is 13.2 Å². The van der Waals surface area contributed by atoms with E-state index in [9.17, 15) is 13.2 Å². The van der Waals surface area contributed by atoms with Crippen LogP contribution in [0.1, 0.15) is 18.4 Å². The first-order chi connectivity index (χ1) is 11.1. The molecule has 120 valence electrons. The Balaban J connectivity index is 2.21. The number of halogens is 3. The number of hydrogen-bond acceptors (Lipinski definition) is 1. The Morgan fingerprint density at radius 3 is 2.48 bits per heavy atom. The van der Waals surface area contributed by atoms with Gasteiger partial charge in [-0.05, 0) is 49.6 Å². The van der Waals surface area contributed by atoms with E-state index in [-0.39, 0.29) is 5.52 Å². The zero-order chi connectivity index (χ0) is 16.4. The Bertz CT molecular complexity index is 840. The van der Waals surface area contributed by atoms with E-state index in [1.54, 1.807) is 18.2 Å². The van der Waals surface area contributed by atoms with Crippen LogP contribution in [-0.2, 0) is 6.42 Å². The van der Waals surface area contributed by atoms with Crippen LogP contribution in [0.15, 0.2) is 36.4 Å². The molecule has 3 rings (SSSR count). The number of fused-ring (bicyclic) bond motifs is 1. The number of nitrogens with one attached hydrogen (secondary N) is 1. The summed E-state index contributed by atoms with van der Waals surface area (Å²) in [6.07, 6.45) is 2.13. The predicted molar refractivity (Wildman–Crippen MR) is 85.6 cm³/mol. The van der Waals surface area contributed by atoms with Crippen molar-refractivity contribution in [3.8, 4) is 11.3 Å². The Morgan fingerprint density at radius 1 is 0.957 bits per heavy atom. The summed E-state index contributed by atoms with van der Waals surface area (Å²) >= 11 is 0. The van der Waals surface area contributed by atoms with Gasteiger partial charge in [0.05, 0.1) is 11.2 Å². The van der Waals surface area contributed by atoms with Gasteiger partial charge in [-0.25, -0.2) is 13.2 Å². The number of rotatable bonds is 5.